The summed E-state index contributed by atoms with van der Waals surface area (Å²) in [5.41, 5.74) is 3.80. The van der Waals surface area contributed by atoms with Crippen LogP contribution in [0.3, 0.4) is 0 Å². The first-order valence-corrected chi connectivity index (χ1v) is 7.74. The fourth-order valence-electron chi connectivity index (χ4n) is 2.34. The summed E-state index contributed by atoms with van der Waals surface area (Å²) in [5, 5.41) is 16.5. The molecule has 1 aromatic heterocycles. The van der Waals surface area contributed by atoms with Gasteiger partial charge >= 0.3 is 0 Å². The molecule has 23 heavy (non-hydrogen) atoms. The molecule has 0 radical (unpaired) electrons. The Kier molecular flexibility index (Phi) is 5.71. The van der Waals surface area contributed by atoms with Crippen molar-refractivity contribution in [1.82, 2.24) is 15.1 Å². The Morgan fingerprint density at radius 2 is 2.04 bits per heavy atom. The second-order valence-electron chi connectivity index (χ2n) is 5.59. The predicted octanol–water partition coefficient (Wildman–Crippen LogP) is 2.39. The number of hydrogen-bond acceptors (Lipinski definition) is 3. The van der Waals surface area contributed by atoms with Crippen LogP contribution in [0.15, 0.2) is 36.4 Å². The molecule has 2 aromatic rings. The summed E-state index contributed by atoms with van der Waals surface area (Å²) in [6, 6.07) is 9.90. The third kappa shape index (κ3) is 4.53. The monoisotopic (exact) mass is 313 g/mol. The number of aliphatic hydroxyl groups excluding tert-OH is 1. The van der Waals surface area contributed by atoms with Crippen LogP contribution >= 0.6 is 0 Å². The summed E-state index contributed by atoms with van der Waals surface area (Å²) < 4.78 is 1.88. The number of nitrogens with zero attached hydrogens (tertiary/aromatic N) is 2. The Hall–Kier alpha value is -2.40. The first-order valence-electron chi connectivity index (χ1n) is 7.74. The molecule has 1 heterocycles. The van der Waals surface area contributed by atoms with Gasteiger partial charge < -0.3 is 10.4 Å². The van der Waals surface area contributed by atoms with Gasteiger partial charge in [-0.15, -0.1) is 0 Å². The molecule has 5 heteroatoms. The van der Waals surface area contributed by atoms with E-state index in [1.54, 1.807) is 13.0 Å². The van der Waals surface area contributed by atoms with Crippen molar-refractivity contribution in [2.45, 2.75) is 33.3 Å². The summed E-state index contributed by atoms with van der Waals surface area (Å²) in [7, 11) is 0. The fraction of sp³-hybridized carbons (Fsp3) is 0.333. The number of benzene rings is 1. The SMILES string of the molecule is Cc1nn(-c2ccccc2)c(C)c1C=CC(=O)NCCC(C)O. The Morgan fingerprint density at radius 3 is 2.70 bits per heavy atom. The Labute approximate surface area is 136 Å². The third-order valence-corrected chi connectivity index (χ3v) is 3.61. The van der Waals surface area contributed by atoms with Gasteiger partial charge in [-0.1, -0.05) is 18.2 Å². The Bertz CT molecular complexity index is 688. The van der Waals surface area contributed by atoms with Crippen molar-refractivity contribution >= 4 is 12.0 Å². The molecule has 0 aliphatic carbocycles. The van der Waals surface area contributed by atoms with Crippen LogP contribution in [0.1, 0.15) is 30.3 Å². The van der Waals surface area contributed by atoms with E-state index in [1.165, 1.54) is 6.08 Å². The van der Waals surface area contributed by atoms with Crippen LogP contribution in [0.4, 0.5) is 0 Å². The highest BCUT2D eigenvalue weighted by Crippen LogP contribution is 2.18. The number of carbonyl (C=O) groups excluding carboxylic acids is 1. The molecular formula is C18H23N3O2. The van der Waals surface area contributed by atoms with Crippen molar-refractivity contribution in [3.63, 3.8) is 0 Å². The van der Waals surface area contributed by atoms with Gasteiger partial charge in [0.05, 0.1) is 17.5 Å². The number of aliphatic hydroxyl groups is 1. The van der Waals surface area contributed by atoms with Crippen molar-refractivity contribution in [3.05, 3.63) is 53.4 Å². The van der Waals surface area contributed by atoms with Crippen molar-refractivity contribution in [3.8, 4) is 5.69 Å². The highest BCUT2D eigenvalue weighted by atomic mass is 16.3. The molecular weight excluding hydrogens is 290 g/mol. The topological polar surface area (TPSA) is 67.2 Å². The maximum Gasteiger partial charge on any atom is 0.244 e. The molecule has 1 unspecified atom stereocenters. The largest absolute Gasteiger partial charge is 0.393 e. The number of aromatic nitrogens is 2. The van der Waals surface area contributed by atoms with E-state index in [-0.39, 0.29) is 5.91 Å². The lowest BCUT2D eigenvalue weighted by atomic mass is 10.2. The summed E-state index contributed by atoms with van der Waals surface area (Å²) >= 11 is 0. The van der Waals surface area contributed by atoms with Gasteiger partial charge in [0.25, 0.3) is 0 Å². The van der Waals surface area contributed by atoms with Gasteiger partial charge in [-0.05, 0) is 45.4 Å². The second-order valence-corrected chi connectivity index (χ2v) is 5.59. The third-order valence-electron chi connectivity index (χ3n) is 3.61. The minimum absolute atomic E-state index is 0.170. The van der Waals surface area contributed by atoms with E-state index in [0.717, 1.165) is 22.6 Å². The molecule has 2 rings (SSSR count). The van der Waals surface area contributed by atoms with Crippen molar-refractivity contribution in [2.24, 2.45) is 0 Å². The van der Waals surface area contributed by atoms with Crippen LogP contribution < -0.4 is 5.32 Å². The van der Waals surface area contributed by atoms with Crippen molar-refractivity contribution in [2.75, 3.05) is 6.54 Å². The van der Waals surface area contributed by atoms with Crippen LogP contribution in [0, 0.1) is 13.8 Å². The van der Waals surface area contributed by atoms with E-state index in [9.17, 15) is 9.90 Å². The van der Waals surface area contributed by atoms with Crippen LogP contribution in [0.2, 0.25) is 0 Å². The standard InChI is InChI=1S/C18H23N3O2/c1-13(22)11-12-19-18(23)10-9-17-14(2)20-21(15(17)3)16-7-5-4-6-8-16/h4-10,13,22H,11-12H2,1-3H3,(H,19,23). The van der Waals surface area contributed by atoms with Crippen LogP contribution in [-0.2, 0) is 4.79 Å². The van der Waals surface area contributed by atoms with E-state index >= 15 is 0 Å². The van der Waals surface area contributed by atoms with E-state index < -0.39 is 6.10 Å². The lowest BCUT2D eigenvalue weighted by Crippen LogP contribution is -2.24. The van der Waals surface area contributed by atoms with Gasteiger partial charge in [0.1, 0.15) is 0 Å². The van der Waals surface area contributed by atoms with Gasteiger partial charge in [0, 0.05) is 23.9 Å². The van der Waals surface area contributed by atoms with Gasteiger partial charge in [0.2, 0.25) is 5.91 Å². The number of amides is 1. The van der Waals surface area contributed by atoms with Gasteiger partial charge in [-0.3, -0.25) is 4.79 Å². The summed E-state index contributed by atoms with van der Waals surface area (Å²) in [5.74, 6) is -0.170. The normalized spacial score (nSPS) is 12.5. The predicted molar refractivity (Wildman–Crippen MR) is 91.4 cm³/mol. The fourth-order valence-corrected chi connectivity index (χ4v) is 2.34. The molecule has 122 valence electrons. The molecule has 0 saturated heterocycles. The van der Waals surface area contributed by atoms with Crippen molar-refractivity contribution < 1.29 is 9.90 Å². The molecule has 5 nitrogen and oxygen atoms in total. The average Bonchev–Trinajstić information content (AvgIpc) is 2.80. The molecule has 0 aliphatic heterocycles. The van der Waals surface area contributed by atoms with E-state index in [2.05, 4.69) is 10.4 Å². The molecule has 0 spiro atoms. The molecule has 0 bridgehead atoms. The summed E-state index contributed by atoms with van der Waals surface area (Å²) in [4.78, 5) is 11.8. The average molecular weight is 313 g/mol. The zero-order valence-electron chi connectivity index (χ0n) is 13.8. The van der Waals surface area contributed by atoms with E-state index in [0.29, 0.717) is 13.0 Å². The van der Waals surface area contributed by atoms with E-state index in [4.69, 9.17) is 0 Å². The number of carbonyl (C=O) groups is 1. The number of hydrogen-bond donors (Lipinski definition) is 2. The maximum absolute atomic E-state index is 11.8. The van der Waals surface area contributed by atoms with Gasteiger partial charge in [0.15, 0.2) is 0 Å². The minimum atomic E-state index is -0.409. The summed E-state index contributed by atoms with van der Waals surface area (Å²) in [6.45, 7) is 6.07. The molecule has 2 N–H and O–H groups in total. The molecule has 1 aromatic carbocycles. The van der Waals surface area contributed by atoms with Crippen LogP contribution in [-0.4, -0.2) is 33.4 Å². The smallest absolute Gasteiger partial charge is 0.244 e. The molecule has 1 amide bonds. The molecule has 1 atom stereocenters. The zero-order chi connectivity index (χ0) is 16.8. The summed E-state index contributed by atoms with van der Waals surface area (Å²) in [6.07, 6.45) is 3.43. The second kappa shape index (κ2) is 7.74. The quantitative estimate of drug-likeness (QED) is 0.805. The first-order chi connectivity index (χ1) is 11.0. The molecule has 0 saturated carbocycles. The molecule has 0 aliphatic rings. The van der Waals surface area contributed by atoms with Gasteiger partial charge in [-0.25, -0.2) is 4.68 Å². The maximum atomic E-state index is 11.8. The Morgan fingerprint density at radius 1 is 1.35 bits per heavy atom. The lowest BCUT2D eigenvalue weighted by Gasteiger charge is -2.04. The zero-order valence-corrected chi connectivity index (χ0v) is 13.8. The van der Waals surface area contributed by atoms with Gasteiger partial charge in [-0.2, -0.15) is 5.10 Å². The van der Waals surface area contributed by atoms with Crippen LogP contribution in [0.25, 0.3) is 11.8 Å². The highest BCUT2D eigenvalue weighted by Gasteiger charge is 2.10. The highest BCUT2D eigenvalue weighted by molar-refractivity contribution is 5.92. The van der Waals surface area contributed by atoms with Crippen molar-refractivity contribution in [1.29, 1.82) is 0 Å². The number of aryl methyl sites for hydroxylation is 1. The number of para-hydroxylation sites is 1. The molecule has 0 fully saturated rings. The van der Waals surface area contributed by atoms with Crippen LogP contribution in [0.5, 0.6) is 0 Å². The lowest BCUT2D eigenvalue weighted by molar-refractivity contribution is -0.116. The van der Waals surface area contributed by atoms with E-state index in [1.807, 2.05) is 48.9 Å². The minimum Gasteiger partial charge on any atom is -0.393 e. The Balaban J connectivity index is 2.10. The number of rotatable bonds is 6. The number of nitrogens with one attached hydrogen (secondary N) is 1. The first kappa shape index (κ1) is 17.0.